The first-order valence-corrected chi connectivity index (χ1v) is 8.66. The smallest absolute Gasteiger partial charge is 0.269 e. The van der Waals surface area contributed by atoms with Gasteiger partial charge in [0.25, 0.3) is 5.69 Å². The highest BCUT2D eigenvalue weighted by molar-refractivity contribution is 5.80. The second-order valence-electron chi connectivity index (χ2n) is 6.26. The van der Waals surface area contributed by atoms with Gasteiger partial charge in [-0.2, -0.15) is 0 Å². The van der Waals surface area contributed by atoms with Crippen LogP contribution in [0.25, 0.3) is 0 Å². The molecule has 1 aliphatic rings. The van der Waals surface area contributed by atoms with Gasteiger partial charge in [-0.05, 0) is 24.1 Å². The Bertz CT molecular complexity index is 779. The zero-order chi connectivity index (χ0) is 18.4. The van der Waals surface area contributed by atoms with Gasteiger partial charge < -0.3 is 15.5 Å². The van der Waals surface area contributed by atoms with Crippen LogP contribution in [0.3, 0.4) is 0 Å². The van der Waals surface area contributed by atoms with Gasteiger partial charge >= 0.3 is 0 Å². The Hall–Kier alpha value is -3.09. The van der Waals surface area contributed by atoms with Crippen molar-refractivity contribution in [2.24, 2.45) is 4.99 Å². The largest absolute Gasteiger partial charge is 0.369 e. The molecule has 26 heavy (non-hydrogen) atoms. The Morgan fingerprint density at radius 3 is 2.81 bits per heavy atom. The summed E-state index contributed by atoms with van der Waals surface area (Å²) in [6.07, 6.45) is 1.03. The Labute approximate surface area is 152 Å². The number of hydrogen-bond acceptors (Lipinski definition) is 4. The van der Waals surface area contributed by atoms with E-state index in [9.17, 15) is 10.1 Å². The lowest BCUT2D eigenvalue weighted by Crippen LogP contribution is -2.44. The average Bonchev–Trinajstić information content (AvgIpc) is 3.14. The van der Waals surface area contributed by atoms with Crippen LogP contribution in [-0.2, 0) is 6.54 Å². The summed E-state index contributed by atoms with van der Waals surface area (Å²) >= 11 is 0. The van der Waals surface area contributed by atoms with Crippen molar-refractivity contribution in [3.63, 3.8) is 0 Å². The molecule has 1 atom stereocenters. The molecule has 0 aromatic heterocycles. The van der Waals surface area contributed by atoms with Crippen molar-refractivity contribution in [1.82, 2.24) is 10.6 Å². The van der Waals surface area contributed by atoms with Crippen LogP contribution in [-0.4, -0.2) is 37.1 Å². The third-order valence-electron chi connectivity index (χ3n) is 4.46. The van der Waals surface area contributed by atoms with E-state index in [-0.39, 0.29) is 10.6 Å². The zero-order valence-electron chi connectivity index (χ0n) is 14.8. The van der Waals surface area contributed by atoms with Crippen molar-refractivity contribution in [3.05, 3.63) is 70.3 Å². The number of benzene rings is 2. The first-order chi connectivity index (χ1) is 12.7. The number of rotatable bonds is 5. The van der Waals surface area contributed by atoms with Gasteiger partial charge in [0, 0.05) is 50.5 Å². The van der Waals surface area contributed by atoms with Crippen LogP contribution in [0, 0.1) is 10.1 Å². The maximum absolute atomic E-state index is 10.9. The number of guanidine groups is 1. The predicted molar refractivity (Wildman–Crippen MR) is 103 cm³/mol. The topological polar surface area (TPSA) is 82.8 Å². The van der Waals surface area contributed by atoms with Crippen molar-refractivity contribution >= 4 is 17.3 Å². The van der Waals surface area contributed by atoms with Crippen LogP contribution in [0.15, 0.2) is 59.6 Å². The second-order valence-corrected chi connectivity index (χ2v) is 6.26. The van der Waals surface area contributed by atoms with Gasteiger partial charge in [0.15, 0.2) is 5.96 Å². The molecule has 2 aromatic carbocycles. The number of aliphatic imine (C=N–C) groups is 1. The summed E-state index contributed by atoms with van der Waals surface area (Å²) in [5.74, 6) is 0.705. The molecule has 0 saturated carbocycles. The van der Waals surface area contributed by atoms with Crippen LogP contribution >= 0.6 is 0 Å². The molecule has 0 aliphatic carbocycles. The van der Waals surface area contributed by atoms with Crippen LogP contribution < -0.4 is 15.5 Å². The predicted octanol–water partition coefficient (Wildman–Crippen LogP) is 2.54. The van der Waals surface area contributed by atoms with E-state index in [1.54, 1.807) is 19.2 Å². The molecule has 1 saturated heterocycles. The molecule has 0 spiro atoms. The van der Waals surface area contributed by atoms with Gasteiger partial charge in [0.1, 0.15) is 0 Å². The Kier molecular flexibility index (Phi) is 5.68. The quantitative estimate of drug-likeness (QED) is 0.374. The molecule has 0 bridgehead atoms. The molecule has 1 unspecified atom stereocenters. The third kappa shape index (κ3) is 4.50. The molecule has 1 aliphatic heterocycles. The minimum atomic E-state index is -0.382. The van der Waals surface area contributed by atoms with Gasteiger partial charge in [-0.15, -0.1) is 0 Å². The van der Waals surface area contributed by atoms with Crippen LogP contribution in [0.5, 0.6) is 0 Å². The summed E-state index contributed by atoms with van der Waals surface area (Å²) in [6.45, 7) is 2.40. The lowest BCUT2D eigenvalue weighted by Gasteiger charge is -2.20. The zero-order valence-corrected chi connectivity index (χ0v) is 14.8. The Morgan fingerprint density at radius 1 is 1.27 bits per heavy atom. The van der Waals surface area contributed by atoms with Crippen LogP contribution in [0.2, 0.25) is 0 Å². The van der Waals surface area contributed by atoms with Crippen molar-refractivity contribution in [2.45, 2.75) is 19.0 Å². The fraction of sp³-hybridized carbons (Fsp3) is 0.316. The van der Waals surface area contributed by atoms with E-state index in [4.69, 9.17) is 0 Å². The normalized spacial score (nSPS) is 17.2. The molecule has 7 heteroatoms. The molecular formula is C19H23N5O2. The van der Waals surface area contributed by atoms with Gasteiger partial charge in [-0.3, -0.25) is 15.1 Å². The number of anilines is 1. The summed E-state index contributed by atoms with van der Waals surface area (Å²) in [7, 11) is 1.73. The summed E-state index contributed by atoms with van der Waals surface area (Å²) in [4.78, 5) is 17.1. The maximum atomic E-state index is 10.9. The molecule has 0 radical (unpaired) electrons. The average molecular weight is 353 g/mol. The third-order valence-corrected chi connectivity index (χ3v) is 4.46. The summed E-state index contributed by atoms with van der Waals surface area (Å²) in [5, 5.41) is 17.5. The Morgan fingerprint density at radius 2 is 2.08 bits per heavy atom. The number of nitro benzene ring substituents is 1. The molecule has 2 aromatic rings. The maximum Gasteiger partial charge on any atom is 0.269 e. The number of nitrogens with zero attached hydrogens (tertiary/aromatic N) is 3. The highest BCUT2D eigenvalue weighted by Crippen LogP contribution is 2.19. The molecule has 1 fully saturated rings. The molecule has 1 heterocycles. The van der Waals surface area contributed by atoms with Crippen LogP contribution in [0.1, 0.15) is 12.0 Å². The fourth-order valence-electron chi connectivity index (χ4n) is 3.11. The highest BCUT2D eigenvalue weighted by Gasteiger charge is 2.23. The van der Waals surface area contributed by atoms with Gasteiger partial charge in [-0.1, -0.05) is 30.3 Å². The van der Waals surface area contributed by atoms with E-state index < -0.39 is 0 Å². The van der Waals surface area contributed by atoms with Crippen molar-refractivity contribution in [1.29, 1.82) is 0 Å². The lowest BCUT2D eigenvalue weighted by atomic mass is 10.2. The van der Waals surface area contributed by atoms with E-state index in [0.29, 0.717) is 18.5 Å². The molecular weight excluding hydrogens is 330 g/mol. The monoisotopic (exact) mass is 353 g/mol. The molecule has 0 amide bonds. The molecule has 2 N–H and O–H groups in total. The number of non-ortho nitro benzene ring substituents is 1. The number of nitrogens with one attached hydrogen (secondary N) is 2. The molecule has 7 nitrogen and oxygen atoms in total. The minimum Gasteiger partial charge on any atom is -0.369 e. The molecule has 3 rings (SSSR count). The van der Waals surface area contributed by atoms with Gasteiger partial charge in [0.2, 0.25) is 0 Å². The first-order valence-electron chi connectivity index (χ1n) is 8.66. The first kappa shape index (κ1) is 17.7. The van der Waals surface area contributed by atoms with E-state index in [2.05, 4.69) is 44.8 Å². The van der Waals surface area contributed by atoms with Crippen molar-refractivity contribution in [3.8, 4) is 0 Å². The van der Waals surface area contributed by atoms with Crippen molar-refractivity contribution in [2.75, 3.05) is 25.0 Å². The van der Waals surface area contributed by atoms with E-state index in [1.165, 1.54) is 11.8 Å². The number of nitro groups is 1. The fourth-order valence-corrected chi connectivity index (χ4v) is 3.11. The standard InChI is InChI=1S/C19H23N5O2/c1-20-19(21-13-15-6-5-9-18(12-15)24(25)26)22-16-10-11-23(14-16)17-7-3-2-4-8-17/h2-9,12,16H,10-11,13-14H2,1H3,(H2,20,21,22). The van der Waals surface area contributed by atoms with Crippen LogP contribution in [0.4, 0.5) is 11.4 Å². The van der Waals surface area contributed by atoms with E-state index in [1.807, 2.05) is 12.1 Å². The summed E-state index contributed by atoms with van der Waals surface area (Å²) in [6, 6.07) is 17.3. The lowest BCUT2D eigenvalue weighted by molar-refractivity contribution is -0.384. The van der Waals surface area contributed by atoms with Gasteiger partial charge in [-0.25, -0.2) is 0 Å². The van der Waals surface area contributed by atoms with Crippen molar-refractivity contribution < 1.29 is 4.92 Å². The number of para-hydroxylation sites is 1. The van der Waals surface area contributed by atoms with E-state index in [0.717, 1.165) is 25.1 Å². The summed E-state index contributed by atoms with van der Waals surface area (Å²) < 4.78 is 0. The Balaban J connectivity index is 1.52. The van der Waals surface area contributed by atoms with Gasteiger partial charge in [0.05, 0.1) is 4.92 Å². The minimum absolute atomic E-state index is 0.0987. The second kappa shape index (κ2) is 8.33. The SMILES string of the molecule is CN=C(NCc1cccc([N+](=O)[O-])c1)NC1CCN(c2ccccc2)C1. The summed E-state index contributed by atoms with van der Waals surface area (Å²) in [5.41, 5.74) is 2.18. The van der Waals surface area contributed by atoms with E-state index >= 15 is 0 Å². The molecule has 136 valence electrons. The number of hydrogen-bond donors (Lipinski definition) is 2. The highest BCUT2D eigenvalue weighted by atomic mass is 16.6.